The maximum Gasteiger partial charge on any atom is 0.233 e. The molecule has 1 atom stereocenters. The fraction of sp³-hybridized carbons (Fsp3) is 0.474. The van der Waals surface area contributed by atoms with Crippen LogP contribution in [0.3, 0.4) is 0 Å². The van der Waals surface area contributed by atoms with Gasteiger partial charge in [0.2, 0.25) is 11.8 Å². The highest BCUT2D eigenvalue weighted by Gasteiger charge is 2.25. The highest BCUT2D eigenvalue weighted by atomic mass is 32.2. The van der Waals surface area contributed by atoms with Crippen LogP contribution in [0.15, 0.2) is 35.7 Å². The van der Waals surface area contributed by atoms with Crippen LogP contribution in [0, 0.1) is 0 Å². The number of nitrogens with zero attached hydrogens (tertiary/aromatic N) is 4. The van der Waals surface area contributed by atoms with E-state index in [1.54, 1.807) is 6.33 Å². The zero-order chi connectivity index (χ0) is 19.2. The van der Waals surface area contributed by atoms with Gasteiger partial charge in [-0.3, -0.25) is 14.2 Å². The van der Waals surface area contributed by atoms with Crippen LogP contribution in [-0.4, -0.2) is 49.8 Å². The maximum absolute atomic E-state index is 12.7. The van der Waals surface area contributed by atoms with Gasteiger partial charge in [0.1, 0.15) is 6.33 Å². The molecule has 0 radical (unpaired) electrons. The van der Waals surface area contributed by atoms with E-state index in [4.69, 9.17) is 0 Å². The number of anilines is 1. The number of piperidine rings is 1. The van der Waals surface area contributed by atoms with Crippen molar-refractivity contribution in [3.8, 4) is 5.69 Å². The summed E-state index contributed by atoms with van der Waals surface area (Å²) in [5.41, 5.74) is 1.55. The van der Waals surface area contributed by atoms with E-state index >= 15 is 0 Å². The molecule has 1 aliphatic heterocycles. The normalized spacial score (nSPS) is 17.0. The zero-order valence-electron chi connectivity index (χ0n) is 15.7. The van der Waals surface area contributed by atoms with Crippen molar-refractivity contribution in [2.24, 2.45) is 0 Å². The maximum atomic E-state index is 12.7. The van der Waals surface area contributed by atoms with Crippen LogP contribution in [-0.2, 0) is 9.59 Å². The molecule has 1 aliphatic rings. The Hall–Kier alpha value is -2.35. The largest absolute Gasteiger partial charge is 0.339 e. The molecule has 0 bridgehead atoms. The monoisotopic (exact) mass is 387 g/mol. The lowest BCUT2D eigenvalue weighted by molar-refractivity contribution is -0.132. The molecule has 0 saturated carbocycles. The molecular weight excluding hydrogens is 362 g/mol. The molecule has 2 heterocycles. The number of carbonyl (C=O) groups excluding carboxylic acids is 2. The number of amides is 2. The molecule has 1 aromatic heterocycles. The van der Waals surface area contributed by atoms with Crippen molar-refractivity contribution < 1.29 is 9.59 Å². The van der Waals surface area contributed by atoms with Gasteiger partial charge < -0.3 is 10.2 Å². The minimum atomic E-state index is -0.122. The SMILES string of the molecule is CCC1CCCCN1C(=O)CSc1nncn1-c1cccc(NC(C)=O)c1. The van der Waals surface area contributed by atoms with Crippen LogP contribution in [0.2, 0.25) is 0 Å². The molecule has 0 aliphatic carbocycles. The van der Waals surface area contributed by atoms with Crippen LogP contribution >= 0.6 is 11.8 Å². The van der Waals surface area contributed by atoms with Crippen molar-refractivity contribution in [1.29, 1.82) is 0 Å². The lowest BCUT2D eigenvalue weighted by atomic mass is 10.0. The molecule has 144 valence electrons. The molecular formula is C19H25N5O2S. The van der Waals surface area contributed by atoms with E-state index < -0.39 is 0 Å². The lowest BCUT2D eigenvalue weighted by Gasteiger charge is -2.35. The molecule has 0 spiro atoms. The summed E-state index contributed by atoms with van der Waals surface area (Å²) in [7, 11) is 0. The second-order valence-corrected chi connectivity index (χ2v) is 7.59. The standard InChI is InChI=1S/C19H25N5O2S/c1-3-16-8-4-5-10-23(16)18(26)12-27-19-22-20-13-24(19)17-9-6-7-15(11-17)21-14(2)25/h6-7,9,11,13,16H,3-5,8,10,12H2,1-2H3,(H,21,25). The number of benzene rings is 1. The van der Waals surface area contributed by atoms with Crippen LogP contribution in [0.4, 0.5) is 5.69 Å². The average Bonchev–Trinajstić information content (AvgIpc) is 3.14. The quantitative estimate of drug-likeness (QED) is 0.771. The summed E-state index contributed by atoms with van der Waals surface area (Å²) in [5.74, 6) is 0.386. The molecule has 1 unspecified atom stereocenters. The summed E-state index contributed by atoms with van der Waals surface area (Å²) < 4.78 is 1.83. The van der Waals surface area contributed by atoms with Crippen LogP contribution in [0.1, 0.15) is 39.5 Å². The van der Waals surface area contributed by atoms with Crippen molar-refractivity contribution in [2.45, 2.75) is 50.7 Å². The predicted molar refractivity (Wildman–Crippen MR) is 106 cm³/mol. The molecule has 2 aromatic rings. The van der Waals surface area contributed by atoms with E-state index in [2.05, 4.69) is 22.4 Å². The summed E-state index contributed by atoms with van der Waals surface area (Å²) in [6.07, 6.45) is 6.00. The lowest BCUT2D eigenvalue weighted by Crippen LogP contribution is -2.44. The van der Waals surface area contributed by atoms with Gasteiger partial charge in [0.15, 0.2) is 5.16 Å². The Balaban J connectivity index is 1.68. The van der Waals surface area contributed by atoms with E-state index in [0.717, 1.165) is 31.5 Å². The highest BCUT2D eigenvalue weighted by Crippen LogP contribution is 2.24. The van der Waals surface area contributed by atoms with Gasteiger partial charge in [0.25, 0.3) is 0 Å². The Morgan fingerprint density at radius 3 is 2.96 bits per heavy atom. The topological polar surface area (TPSA) is 80.1 Å². The van der Waals surface area contributed by atoms with E-state index in [1.807, 2.05) is 33.7 Å². The molecule has 7 nitrogen and oxygen atoms in total. The first-order valence-corrected chi connectivity index (χ1v) is 10.3. The molecule has 3 rings (SSSR count). The summed E-state index contributed by atoms with van der Waals surface area (Å²) in [4.78, 5) is 26.0. The number of thioether (sulfide) groups is 1. The van der Waals surface area contributed by atoms with Gasteiger partial charge in [-0.2, -0.15) is 0 Å². The molecule has 1 fully saturated rings. The second kappa shape index (κ2) is 9.03. The van der Waals surface area contributed by atoms with Gasteiger partial charge in [-0.25, -0.2) is 0 Å². The molecule has 1 N–H and O–H groups in total. The van der Waals surface area contributed by atoms with E-state index in [0.29, 0.717) is 22.6 Å². The third kappa shape index (κ3) is 4.88. The summed E-state index contributed by atoms with van der Waals surface area (Å²) in [6.45, 7) is 4.47. The van der Waals surface area contributed by atoms with Crippen molar-refractivity contribution in [3.63, 3.8) is 0 Å². The number of rotatable bonds is 6. The smallest absolute Gasteiger partial charge is 0.233 e. The Morgan fingerprint density at radius 2 is 2.19 bits per heavy atom. The van der Waals surface area contributed by atoms with Crippen LogP contribution in [0.25, 0.3) is 5.69 Å². The predicted octanol–water partition coefficient (Wildman–Crippen LogP) is 3.11. The van der Waals surface area contributed by atoms with E-state index in [-0.39, 0.29) is 11.8 Å². The van der Waals surface area contributed by atoms with E-state index in [9.17, 15) is 9.59 Å². The minimum absolute atomic E-state index is 0.122. The molecule has 1 saturated heterocycles. The van der Waals surface area contributed by atoms with Gasteiger partial charge in [-0.15, -0.1) is 10.2 Å². The molecule has 8 heteroatoms. The van der Waals surface area contributed by atoms with E-state index in [1.165, 1.54) is 25.1 Å². The van der Waals surface area contributed by atoms with Crippen molar-refractivity contribution in [2.75, 3.05) is 17.6 Å². The molecule has 27 heavy (non-hydrogen) atoms. The number of hydrogen-bond acceptors (Lipinski definition) is 5. The average molecular weight is 388 g/mol. The fourth-order valence-electron chi connectivity index (χ4n) is 3.40. The summed E-state index contributed by atoms with van der Waals surface area (Å²) >= 11 is 1.39. The van der Waals surface area contributed by atoms with Gasteiger partial charge >= 0.3 is 0 Å². The first kappa shape index (κ1) is 19.4. The number of hydrogen-bond donors (Lipinski definition) is 1. The summed E-state index contributed by atoms with van der Waals surface area (Å²) in [5, 5.41) is 11.6. The molecule has 1 aromatic carbocycles. The minimum Gasteiger partial charge on any atom is -0.339 e. The van der Waals surface area contributed by atoms with Crippen molar-refractivity contribution >= 4 is 29.3 Å². The van der Waals surface area contributed by atoms with Gasteiger partial charge in [0, 0.05) is 25.2 Å². The van der Waals surface area contributed by atoms with Crippen molar-refractivity contribution in [3.05, 3.63) is 30.6 Å². The van der Waals surface area contributed by atoms with Gasteiger partial charge in [0.05, 0.1) is 11.4 Å². The molecule has 2 amide bonds. The van der Waals surface area contributed by atoms with Crippen LogP contribution < -0.4 is 5.32 Å². The zero-order valence-corrected chi connectivity index (χ0v) is 16.5. The third-order valence-corrected chi connectivity index (χ3v) is 5.63. The second-order valence-electron chi connectivity index (χ2n) is 6.65. The first-order chi connectivity index (χ1) is 13.1. The van der Waals surface area contributed by atoms with Crippen LogP contribution in [0.5, 0.6) is 0 Å². The Kier molecular flexibility index (Phi) is 6.49. The van der Waals surface area contributed by atoms with Gasteiger partial charge in [-0.1, -0.05) is 24.8 Å². The highest BCUT2D eigenvalue weighted by molar-refractivity contribution is 7.99. The Bertz CT molecular complexity index is 807. The number of aromatic nitrogens is 3. The third-order valence-electron chi connectivity index (χ3n) is 4.70. The summed E-state index contributed by atoms with van der Waals surface area (Å²) in [6, 6.07) is 7.82. The first-order valence-electron chi connectivity index (χ1n) is 9.28. The fourth-order valence-corrected chi connectivity index (χ4v) is 4.21. The number of likely N-dealkylation sites (tertiary alicyclic amines) is 1. The number of carbonyl (C=O) groups is 2. The Morgan fingerprint density at radius 1 is 1.33 bits per heavy atom. The van der Waals surface area contributed by atoms with Gasteiger partial charge in [-0.05, 0) is 43.9 Å². The Labute approximate surface area is 163 Å². The number of nitrogens with one attached hydrogen (secondary N) is 1. The van der Waals surface area contributed by atoms with Crippen molar-refractivity contribution in [1.82, 2.24) is 19.7 Å².